The van der Waals surface area contributed by atoms with Crippen LogP contribution in [-0.4, -0.2) is 39.3 Å². The standard InChI is InChI=1S/C16H21NO3/c1-17-6-4-11(5-7-17)16-13-9-15(19-3)14(18-2)8-12(13)10-20-16/h8-11H,4-7H2,1-3H3. The molecule has 4 nitrogen and oxygen atoms in total. The normalized spacial score (nSPS) is 17.6. The number of likely N-dealkylation sites (tertiary alicyclic amines) is 1. The molecule has 1 aromatic carbocycles. The van der Waals surface area contributed by atoms with E-state index in [0.29, 0.717) is 5.92 Å². The highest BCUT2D eigenvalue weighted by Gasteiger charge is 2.24. The minimum atomic E-state index is 0.502. The number of benzene rings is 1. The second-order valence-corrected chi connectivity index (χ2v) is 5.47. The molecule has 3 rings (SSSR count). The van der Waals surface area contributed by atoms with Crippen molar-refractivity contribution < 1.29 is 13.9 Å². The lowest BCUT2D eigenvalue weighted by Crippen LogP contribution is -2.29. The summed E-state index contributed by atoms with van der Waals surface area (Å²) in [6.45, 7) is 2.25. The minimum absolute atomic E-state index is 0.502. The molecule has 0 N–H and O–H groups in total. The van der Waals surface area contributed by atoms with Gasteiger partial charge in [-0.05, 0) is 45.1 Å². The van der Waals surface area contributed by atoms with Crippen LogP contribution in [0.5, 0.6) is 11.5 Å². The Kier molecular flexibility index (Phi) is 3.57. The lowest BCUT2D eigenvalue weighted by atomic mass is 9.92. The van der Waals surface area contributed by atoms with E-state index in [1.807, 2.05) is 18.4 Å². The van der Waals surface area contributed by atoms with E-state index in [-0.39, 0.29) is 0 Å². The first-order chi connectivity index (χ1) is 9.72. The van der Waals surface area contributed by atoms with Crippen molar-refractivity contribution in [1.29, 1.82) is 0 Å². The van der Waals surface area contributed by atoms with Crippen LogP contribution < -0.4 is 9.47 Å². The fraction of sp³-hybridized carbons (Fsp3) is 0.500. The summed E-state index contributed by atoms with van der Waals surface area (Å²) in [5.74, 6) is 3.10. The molecule has 0 radical (unpaired) electrons. The van der Waals surface area contributed by atoms with Crippen LogP contribution >= 0.6 is 0 Å². The molecule has 0 spiro atoms. The molecule has 1 saturated heterocycles. The second kappa shape index (κ2) is 5.37. The average Bonchev–Trinajstić information content (AvgIpc) is 2.89. The number of nitrogens with zero attached hydrogens (tertiary/aromatic N) is 1. The summed E-state index contributed by atoms with van der Waals surface area (Å²) in [5.41, 5.74) is 0. The van der Waals surface area contributed by atoms with E-state index in [9.17, 15) is 0 Å². The molecule has 2 aromatic rings. The Bertz CT molecular complexity index is 597. The molecule has 0 saturated carbocycles. The van der Waals surface area contributed by atoms with E-state index in [1.54, 1.807) is 14.2 Å². The summed E-state index contributed by atoms with van der Waals surface area (Å²) in [5, 5.41) is 2.23. The van der Waals surface area contributed by atoms with Crippen LogP contribution in [0.25, 0.3) is 10.8 Å². The maximum Gasteiger partial charge on any atom is 0.161 e. The van der Waals surface area contributed by atoms with Crippen molar-refractivity contribution in [1.82, 2.24) is 4.90 Å². The molecular formula is C16H21NO3. The van der Waals surface area contributed by atoms with E-state index in [0.717, 1.165) is 54.0 Å². The summed E-state index contributed by atoms with van der Waals surface area (Å²) < 4.78 is 16.6. The summed E-state index contributed by atoms with van der Waals surface area (Å²) in [6, 6.07) is 4.02. The van der Waals surface area contributed by atoms with E-state index >= 15 is 0 Å². The van der Waals surface area contributed by atoms with Crippen molar-refractivity contribution >= 4 is 10.8 Å². The van der Waals surface area contributed by atoms with Gasteiger partial charge in [-0.3, -0.25) is 0 Å². The van der Waals surface area contributed by atoms with Gasteiger partial charge in [0.1, 0.15) is 5.76 Å². The fourth-order valence-electron chi connectivity index (χ4n) is 2.98. The third-order valence-corrected chi connectivity index (χ3v) is 4.22. The van der Waals surface area contributed by atoms with Crippen molar-refractivity contribution in [3.8, 4) is 11.5 Å². The van der Waals surface area contributed by atoms with Gasteiger partial charge in [0.15, 0.2) is 11.5 Å². The van der Waals surface area contributed by atoms with E-state index in [1.165, 1.54) is 0 Å². The van der Waals surface area contributed by atoms with Crippen LogP contribution in [0.4, 0.5) is 0 Å². The van der Waals surface area contributed by atoms with Crippen molar-refractivity contribution in [3.05, 3.63) is 24.2 Å². The van der Waals surface area contributed by atoms with Crippen LogP contribution in [-0.2, 0) is 0 Å². The molecule has 0 atom stereocenters. The fourth-order valence-corrected chi connectivity index (χ4v) is 2.98. The zero-order valence-corrected chi connectivity index (χ0v) is 12.3. The number of hydrogen-bond donors (Lipinski definition) is 0. The molecule has 1 aliphatic heterocycles. The molecule has 1 aliphatic rings. The molecule has 0 aliphatic carbocycles. The van der Waals surface area contributed by atoms with Gasteiger partial charge in [0, 0.05) is 16.7 Å². The highest BCUT2D eigenvalue weighted by molar-refractivity contribution is 5.88. The van der Waals surface area contributed by atoms with Gasteiger partial charge in [-0.2, -0.15) is 0 Å². The van der Waals surface area contributed by atoms with Crippen LogP contribution in [0, 0.1) is 0 Å². The second-order valence-electron chi connectivity index (χ2n) is 5.47. The Balaban J connectivity index is 2.00. The summed E-state index contributed by atoms with van der Waals surface area (Å²) >= 11 is 0. The molecule has 108 valence electrons. The van der Waals surface area contributed by atoms with Gasteiger partial charge in [-0.25, -0.2) is 0 Å². The van der Waals surface area contributed by atoms with Gasteiger partial charge in [0.2, 0.25) is 0 Å². The van der Waals surface area contributed by atoms with Crippen LogP contribution in [0.15, 0.2) is 22.8 Å². The van der Waals surface area contributed by atoms with Crippen LogP contribution in [0.1, 0.15) is 24.5 Å². The molecule has 20 heavy (non-hydrogen) atoms. The first-order valence-electron chi connectivity index (χ1n) is 7.04. The van der Waals surface area contributed by atoms with Gasteiger partial charge in [0.25, 0.3) is 0 Å². The van der Waals surface area contributed by atoms with Crippen LogP contribution in [0.2, 0.25) is 0 Å². The summed E-state index contributed by atoms with van der Waals surface area (Å²) in [6.07, 6.45) is 4.12. The SMILES string of the molecule is COc1cc2coc(C3CCN(C)CC3)c2cc1OC. The molecule has 0 unspecified atom stereocenters. The number of ether oxygens (including phenoxy) is 2. The van der Waals surface area contributed by atoms with E-state index in [2.05, 4.69) is 11.9 Å². The first-order valence-corrected chi connectivity index (χ1v) is 7.04. The molecule has 1 aromatic heterocycles. The minimum Gasteiger partial charge on any atom is -0.493 e. The predicted octanol–water partition coefficient (Wildman–Crippen LogP) is 3.26. The number of hydrogen-bond acceptors (Lipinski definition) is 4. The third-order valence-electron chi connectivity index (χ3n) is 4.22. The number of methoxy groups -OCH3 is 2. The Morgan fingerprint density at radius 1 is 1.10 bits per heavy atom. The zero-order chi connectivity index (χ0) is 14.1. The monoisotopic (exact) mass is 275 g/mol. The molecule has 0 bridgehead atoms. The largest absolute Gasteiger partial charge is 0.493 e. The van der Waals surface area contributed by atoms with Crippen molar-refractivity contribution in [2.75, 3.05) is 34.4 Å². The first kappa shape index (κ1) is 13.3. The lowest BCUT2D eigenvalue weighted by Gasteiger charge is -2.27. The van der Waals surface area contributed by atoms with Crippen molar-refractivity contribution in [3.63, 3.8) is 0 Å². The summed E-state index contributed by atoms with van der Waals surface area (Å²) in [4.78, 5) is 2.37. The maximum absolute atomic E-state index is 5.86. The predicted molar refractivity (Wildman–Crippen MR) is 78.8 cm³/mol. The number of furan rings is 1. The summed E-state index contributed by atoms with van der Waals surface area (Å²) in [7, 11) is 5.49. The highest BCUT2D eigenvalue weighted by atomic mass is 16.5. The quantitative estimate of drug-likeness (QED) is 0.861. The highest BCUT2D eigenvalue weighted by Crippen LogP contribution is 2.39. The van der Waals surface area contributed by atoms with Gasteiger partial charge >= 0.3 is 0 Å². The van der Waals surface area contributed by atoms with Crippen molar-refractivity contribution in [2.24, 2.45) is 0 Å². The molecule has 4 heteroatoms. The average molecular weight is 275 g/mol. The Morgan fingerprint density at radius 3 is 2.40 bits per heavy atom. The lowest BCUT2D eigenvalue weighted by molar-refractivity contribution is 0.241. The Hall–Kier alpha value is -1.68. The molecule has 0 amide bonds. The molecular weight excluding hydrogens is 254 g/mol. The smallest absolute Gasteiger partial charge is 0.161 e. The maximum atomic E-state index is 5.86. The number of piperidine rings is 1. The number of rotatable bonds is 3. The van der Waals surface area contributed by atoms with E-state index < -0.39 is 0 Å². The number of fused-ring (bicyclic) bond motifs is 1. The van der Waals surface area contributed by atoms with Gasteiger partial charge in [0.05, 0.1) is 20.5 Å². The van der Waals surface area contributed by atoms with Gasteiger partial charge in [-0.15, -0.1) is 0 Å². The molecule has 1 fully saturated rings. The van der Waals surface area contributed by atoms with E-state index in [4.69, 9.17) is 13.9 Å². The van der Waals surface area contributed by atoms with Crippen LogP contribution in [0.3, 0.4) is 0 Å². The third kappa shape index (κ3) is 2.24. The zero-order valence-electron chi connectivity index (χ0n) is 12.3. The molecule has 2 heterocycles. The Labute approximate surface area is 119 Å². The van der Waals surface area contributed by atoms with Gasteiger partial charge < -0.3 is 18.8 Å². The Morgan fingerprint density at radius 2 is 1.75 bits per heavy atom. The van der Waals surface area contributed by atoms with Crippen molar-refractivity contribution in [2.45, 2.75) is 18.8 Å². The van der Waals surface area contributed by atoms with Gasteiger partial charge in [-0.1, -0.05) is 0 Å². The topological polar surface area (TPSA) is 34.8 Å².